The van der Waals surface area contributed by atoms with Crippen molar-refractivity contribution in [3.8, 4) is 33.4 Å². The van der Waals surface area contributed by atoms with Gasteiger partial charge in [0.25, 0.3) is 0 Å². The maximum absolute atomic E-state index is 2.36. The van der Waals surface area contributed by atoms with E-state index in [1.165, 1.54) is 27.8 Å². The molecule has 0 spiro atoms. The van der Waals surface area contributed by atoms with E-state index in [9.17, 15) is 0 Å². The Bertz CT molecular complexity index is 3780. The van der Waals surface area contributed by atoms with E-state index >= 15 is 0 Å². The Morgan fingerprint density at radius 3 is 0.556 bits per heavy atom. The molecule has 392 valence electrons. The van der Waals surface area contributed by atoms with E-state index in [4.69, 9.17) is 0 Å². The van der Waals surface area contributed by atoms with Crippen molar-refractivity contribution in [3.63, 3.8) is 0 Å². The Morgan fingerprint density at radius 1 is 0.148 bits per heavy atom. The van der Waals surface area contributed by atoms with Crippen LogP contribution in [0, 0.1) is 34.6 Å². The molecule has 12 rings (SSSR count). The summed E-state index contributed by atoms with van der Waals surface area (Å²) in [5.41, 5.74) is 26.4. The number of hydrogen-bond acceptors (Lipinski definition) is 4. The highest BCUT2D eigenvalue weighted by molar-refractivity contribution is 5.85. The van der Waals surface area contributed by atoms with Gasteiger partial charge < -0.3 is 19.6 Å². The number of anilines is 12. The van der Waals surface area contributed by atoms with Gasteiger partial charge in [-0.2, -0.15) is 0 Å². The highest BCUT2D eigenvalue weighted by atomic mass is 15.2. The van der Waals surface area contributed by atoms with Crippen LogP contribution >= 0.6 is 0 Å². The van der Waals surface area contributed by atoms with Crippen molar-refractivity contribution >= 4 is 68.2 Å². The van der Waals surface area contributed by atoms with Gasteiger partial charge in [0.15, 0.2) is 0 Å². The van der Waals surface area contributed by atoms with Crippen molar-refractivity contribution < 1.29 is 0 Å². The first kappa shape index (κ1) is 51.6. The van der Waals surface area contributed by atoms with Gasteiger partial charge in [-0.3, -0.25) is 0 Å². The summed E-state index contributed by atoms with van der Waals surface area (Å²) < 4.78 is 0. The lowest BCUT2D eigenvalue weighted by Crippen LogP contribution is -2.10. The zero-order chi connectivity index (χ0) is 55.2. The monoisotopic (exact) mass is 1040 g/mol. The van der Waals surface area contributed by atoms with Crippen LogP contribution in [0.4, 0.5) is 68.2 Å². The first-order chi connectivity index (χ1) is 39.7. The number of hydrogen-bond donors (Lipinski definition) is 0. The van der Waals surface area contributed by atoms with Gasteiger partial charge in [0.1, 0.15) is 0 Å². The molecule has 12 aromatic carbocycles. The summed E-state index contributed by atoms with van der Waals surface area (Å²) in [4.78, 5) is 9.34. The predicted molar refractivity (Wildman–Crippen MR) is 345 cm³/mol. The van der Waals surface area contributed by atoms with Crippen LogP contribution in [-0.4, -0.2) is 0 Å². The normalized spacial score (nSPS) is 11.0. The van der Waals surface area contributed by atoms with Crippen molar-refractivity contribution in [2.45, 2.75) is 34.6 Å². The predicted octanol–water partition coefficient (Wildman–Crippen LogP) is 22.1. The lowest BCUT2D eigenvalue weighted by molar-refractivity contribution is 1.26. The molecule has 81 heavy (non-hydrogen) atoms. The first-order valence-corrected chi connectivity index (χ1v) is 27.9. The molecule has 0 radical (unpaired) electrons. The molecule has 0 saturated carbocycles. The Balaban J connectivity index is 0.857. The summed E-state index contributed by atoms with van der Waals surface area (Å²) in [6.45, 7) is 10.7. The molecule has 0 heterocycles. The van der Waals surface area contributed by atoms with Crippen molar-refractivity contribution in [3.05, 3.63) is 325 Å². The number of nitrogens with zero attached hydrogens (tertiary/aromatic N) is 4. The smallest absolute Gasteiger partial charge is 0.0464 e. The molecule has 0 saturated heterocycles. The Hall–Kier alpha value is -10.2. The fourth-order valence-corrected chi connectivity index (χ4v) is 10.9. The number of benzene rings is 12. The second-order valence-electron chi connectivity index (χ2n) is 21.1. The molecule has 4 nitrogen and oxygen atoms in total. The molecule has 0 amide bonds. The van der Waals surface area contributed by atoms with Gasteiger partial charge in [-0.15, -0.1) is 0 Å². The van der Waals surface area contributed by atoms with Gasteiger partial charge in [0, 0.05) is 68.2 Å². The molecule has 0 fully saturated rings. The van der Waals surface area contributed by atoms with E-state index in [1.807, 2.05) is 0 Å². The fraction of sp³-hybridized carbons (Fsp3) is 0.0649. The van der Waals surface area contributed by atoms with Gasteiger partial charge in [0.2, 0.25) is 0 Å². The van der Waals surface area contributed by atoms with Crippen molar-refractivity contribution in [2.75, 3.05) is 19.6 Å². The molecular formula is C77H64N4. The minimum absolute atomic E-state index is 1.07. The van der Waals surface area contributed by atoms with Crippen LogP contribution in [0.3, 0.4) is 0 Å². The second-order valence-corrected chi connectivity index (χ2v) is 21.1. The Labute approximate surface area is 478 Å². The summed E-state index contributed by atoms with van der Waals surface area (Å²) in [6.07, 6.45) is 0. The number of aryl methyl sites for hydroxylation is 5. The van der Waals surface area contributed by atoms with E-state index in [1.54, 1.807) is 0 Å². The number of rotatable bonds is 15. The van der Waals surface area contributed by atoms with Crippen LogP contribution in [0.25, 0.3) is 33.4 Å². The maximum Gasteiger partial charge on any atom is 0.0464 e. The zero-order valence-electron chi connectivity index (χ0n) is 46.6. The highest BCUT2D eigenvalue weighted by Crippen LogP contribution is 2.42. The average Bonchev–Trinajstić information content (AvgIpc) is 3.54. The third-order valence-corrected chi connectivity index (χ3v) is 15.1. The molecule has 0 atom stereocenters. The number of para-hydroxylation sites is 1. The fourth-order valence-electron chi connectivity index (χ4n) is 10.9. The molecule has 0 aromatic heterocycles. The molecule has 0 aliphatic rings. The third kappa shape index (κ3) is 11.4. The summed E-state index contributed by atoms with van der Waals surface area (Å²) in [6, 6.07) is 108. The second kappa shape index (κ2) is 23.0. The lowest BCUT2D eigenvalue weighted by Gasteiger charge is -2.27. The van der Waals surface area contributed by atoms with Crippen LogP contribution in [0.15, 0.2) is 297 Å². The lowest BCUT2D eigenvalue weighted by atomic mass is 10.0. The molecular weight excluding hydrogens is 981 g/mol. The SMILES string of the molecule is Cc1ccc(N(c2ccccc2)c2ccc(-c3ccc(N(c4ccc(-c5ccc(N(c6cccc(C)c6)c6cccc(C)c6)cc5)cc4)c4ccc(-c5ccc(N(c6cccc(C)c6)c6cccc(C)c6)cc5)cc4)cc3)cc2)cc1. The third-order valence-electron chi connectivity index (χ3n) is 15.1. The molecule has 4 heteroatoms. The van der Waals surface area contributed by atoms with E-state index in [-0.39, 0.29) is 0 Å². The molecule has 0 N–H and O–H groups in total. The van der Waals surface area contributed by atoms with Crippen LogP contribution in [-0.2, 0) is 0 Å². The average molecular weight is 1050 g/mol. The topological polar surface area (TPSA) is 13.0 Å². The highest BCUT2D eigenvalue weighted by Gasteiger charge is 2.19. The standard InChI is InChI=1S/C77H64N4/c1-55-23-37-67(38-24-55)78(66-17-7-6-8-18-66)68-39-25-60(26-40-68)61-27-41-69(42-28-61)79(70-43-29-62(30-44-70)64-33-47-72(48-34-64)80(74-19-9-13-56(2)51-74)75-20-10-14-57(3)52-75)71-45-31-63(32-46-71)65-35-49-73(50-36-65)81(76-21-11-15-58(4)53-76)77-22-12-16-59(5)54-77/h6-54H,1-5H3. The molecule has 0 unspecified atom stereocenters. The van der Waals surface area contributed by atoms with Crippen LogP contribution in [0.1, 0.15) is 27.8 Å². The molecule has 0 bridgehead atoms. The van der Waals surface area contributed by atoms with Crippen molar-refractivity contribution in [1.82, 2.24) is 0 Å². The van der Waals surface area contributed by atoms with E-state index in [0.29, 0.717) is 0 Å². The Kier molecular flexibility index (Phi) is 14.7. The van der Waals surface area contributed by atoms with Crippen LogP contribution in [0.5, 0.6) is 0 Å². The summed E-state index contributed by atoms with van der Waals surface area (Å²) >= 11 is 0. The molecule has 0 aliphatic carbocycles. The Morgan fingerprint density at radius 2 is 0.333 bits per heavy atom. The summed E-state index contributed by atoms with van der Waals surface area (Å²) in [7, 11) is 0. The van der Waals surface area contributed by atoms with Gasteiger partial charge in [-0.05, 0) is 236 Å². The van der Waals surface area contributed by atoms with Crippen LogP contribution < -0.4 is 19.6 Å². The maximum atomic E-state index is 2.36. The summed E-state index contributed by atoms with van der Waals surface area (Å²) in [5, 5.41) is 0. The van der Waals surface area contributed by atoms with E-state index in [2.05, 4.69) is 351 Å². The summed E-state index contributed by atoms with van der Waals surface area (Å²) in [5.74, 6) is 0. The van der Waals surface area contributed by atoms with E-state index < -0.39 is 0 Å². The minimum Gasteiger partial charge on any atom is -0.311 e. The van der Waals surface area contributed by atoms with Gasteiger partial charge in [0.05, 0.1) is 0 Å². The van der Waals surface area contributed by atoms with Gasteiger partial charge in [-0.1, -0.05) is 157 Å². The first-order valence-electron chi connectivity index (χ1n) is 27.9. The molecule has 12 aromatic rings. The molecule has 0 aliphatic heterocycles. The quantitative estimate of drug-likeness (QED) is 0.101. The van der Waals surface area contributed by atoms with Gasteiger partial charge in [-0.25, -0.2) is 0 Å². The van der Waals surface area contributed by atoms with Gasteiger partial charge >= 0.3 is 0 Å². The van der Waals surface area contributed by atoms with E-state index in [0.717, 1.165) is 102 Å². The van der Waals surface area contributed by atoms with Crippen molar-refractivity contribution in [1.29, 1.82) is 0 Å². The van der Waals surface area contributed by atoms with Crippen molar-refractivity contribution in [2.24, 2.45) is 0 Å². The largest absolute Gasteiger partial charge is 0.311 e. The zero-order valence-corrected chi connectivity index (χ0v) is 46.6. The minimum atomic E-state index is 1.07. The van der Waals surface area contributed by atoms with Crippen LogP contribution in [0.2, 0.25) is 0 Å².